The van der Waals surface area contributed by atoms with Gasteiger partial charge in [-0.05, 0) is 26.0 Å². The van der Waals surface area contributed by atoms with Gasteiger partial charge in [-0.1, -0.05) is 13.8 Å². The molecule has 0 saturated heterocycles. The second-order valence-electron chi connectivity index (χ2n) is 5.51. The zero-order valence-corrected chi connectivity index (χ0v) is 16.1. The maximum Gasteiger partial charge on any atom is 0.431 e. The first-order chi connectivity index (χ1) is 12.9. The van der Waals surface area contributed by atoms with E-state index in [9.17, 15) is 22.8 Å². The number of aldehydes is 1. The van der Waals surface area contributed by atoms with E-state index in [4.69, 9.17) is 5.11 Å². The van der Waals surface area contributed by atoms with Crippen molar-refractivity contribution < 1.29 is 27.9 Å². The van der Waals surface area contributed by atoms with Gasteiger partial charge in [0.2, 0.25) is 6.41 Å². The molecule has 1 amide bonds. The van der Waals surface area contributed by atoms with Gasteiger partial charge in [-0.15, -0.1) is 0 Å². The van der Waals surface area contributed by atoms with Crippen molar-refractivity contribution in [1.82, 2.24) is 15.5 Å². The van der Waals surface area contributed by atoms with Crippen molar-refractivity contribution in [3.8, 4) is 0 Å². The highest BCUT2D eigenvalue weighted by molar-refractivity contribution is 5.89. The highest BCUT2D eigenvalue weighted by Crippen LogP contribution is 2.34. The van der Waals surface area contributed by atoms with E-state index in [1.54, 1.807) is 0 Å². The second kappa shape index (κ2) is 12.4. The molecule has 3 N–H and O–H groups in total. The molecule has 2 atom stereocenters. The lowest BCUT2D eigenvalue weighted by Gasteiger charge is -2.34. The Morgan fingerprint density at radius 2 is 1.96 bits per heavy atom. The first kappa shape index (κ1) is 25.1. The van der Waals surface area contributed by atoms with E-state index in [1.807, 2.05) is 13.8 Å². The van der Waals surface area contributed by atoms with Crippen LogP contribution in [-0.4, -0.2) is 67.6 Å². The molecule has 27 heavy (non-hydrogen) atoms. The van der Waals surface area contributed by atoms with Gasteiger partial charge in [0.1, 0.15) is 30.0 Å². The number of aliphatic imine (C=N–C) groups is 1. The van der Waals surface area contributed by atoms with Crippen LogP contribution in [0.25, 0.3) is 0 Å². The molecule has 156 valence electrons. The molecular formula is C17H29F3N4O3. The predicted molar refractivity (Wildman–Crippen MR) is 97.0 cm³/mol. The lowest BCUT2D eigenvalue weighted by Crippen LogP contribution is -2.53. The Balaban J connectivity index is 0.00000158. The molecule has 0 radical (unpaired) electrons. The van der Waals surface area contributed by atoms with Gasteiger partial charge in [0.05, 0.1) is 0 Å². The number of carbonyl (C=O) groups excluding carboxylic acids is 2. The molecule has 10 heteroatoms. The summed E-state index contributed by atoms with van der Waals surface area (Å²) in [5.74, 6) is 0.326. The first-order valence-electron chi connectivity index (χ1n) is 8.81. The Bertz CT molecular complexity index is 520. The minimum atomic E-state index is -4.51. The molecule has 1 heterocycles. The van der Waals surface area contributed by atoms with Gasteiger partial charge in [-0.2, -0.15) is 13.2 Å². The van der Waals surface area contributed by atoms with Crippen LogP contribution >= 0.6 is 0 Å². The fourth-order valence-electron chi connectivity index (χ4n) is 2.46. The van der Waals surface area contributed by atoms with E-state index >= 15 is 0 Å². The van der Waals surface area contributed by atoms with E-state index in [-0.39, 0.29) is 18.9 Å². The molecule has 2 unspecified atom stereocenters. The minimum Gasteiger partial charge on any atom is -0.400 e. The molecule has 1 saturated carbocycles. The SMILES string of the molecule is CC.CNC(C1C=C(C(F)(F)F)NC(C2CC2)=N1)N(C=O)CCC=O.CO. The molecule has 1 fully saturated rings. The lowest BCUT2D eigenvalue weighted by atomic mass is 10.1. The van der Waals surface area contributed by atoms with Crippen LogP contribution in [0.2, 0.25) is 0 Å². The van der Waals surface area contributed by atoms with Gasteiger partial charge in [0.15, 0.2) is 0 Å². The summed E-state index contributed by atoms with van der Waals surface area (Å²) in [5, 5.41) is 12.2. The van der Waals surface area contributed by atoms with Crippen LogP contribution in [0.3, 0.4) is 0 Å². The van der Waals surface area contributed by atoms with Crippen molar-refractivity contribution in [3.05, 3.63) is 11.8 Å². The third-order valence-corrected chi connectivity index (χ3v) is 3.77. The normalized spacial score (nSPS) is 19.6. The number of nitrogens with zero attached hydrogens (tertiary/aromatic N) is 2. The minimum absolute atomic E-state index is 0.0145. The Morgan fingerprint density at radius 3 is 2.37 bits per heavy atom. The number of allylic oxidation sites excluding steroid dienone is 1. The summed E-state index contributed by atoms with van der Waals surface area (Å²) >= 11 is 0. The first-order valence-corrected chi connectivity index (χ1v) is 8.81. The van der Waals surface area contributed by atoms with Crippen molar-refractivity contribution in [3.63, 3.8) is 0 Å². The van der Waals surface area contributed by atoms with Gasteiger partial charge >= 0.3 is 6.18 Å². The molecule has 1 aliphatic carbocycles. The summed E-state index contributed by atoms with van der Waals surface area (Å²) < 4.78 is 39.3. The zero-order valence-electron chi connectivity index (χ0n) is 16.1. The molecule has 1 aliphatic heterocycles. The number of carbonyl (C=O) groups is 2. The number of rotatable bonds is 8. The van der Waals surface area contributed by atoms with Crippen LogP contribution < -0.4 is 10.6 Å². The Kier molecular flexibility index (Phi) is 11.6. The molecule has 7 nitrogen and oxygen atoms in total. The van der Waals surface area contributed by atoms with Crippen LogP contribution in [0, 0.1) is 5.92 Å². The third-order valence-electron chi connectivity index (χ3n) is 3.77. The van der Waals surface area contributed by atoms with Crippen LogP contribution in [0.4, 0.5) is 13.2 Å². The third kappa shape index (κ3) is 7.67. The average molecular weight is 394 g/mol. The zero-order chi connectivity index (χ0) is 21.0. The van der Waals surface area contributed by atoms with Crippen molar-refractivity contribution in [2.45, 2.75) is 51.5 Å². The largest absolute Gasteiger partial charge is 0.431 e. The number of hydrogen-bond donors (Lipinski definition) is 3. The van der Waals surface area contributed by atoms with E-state index < -0.39 is 24.1 Å². The van der Waals surface area contributed by atoms with Crippen LogP contribution in [0.1, 0.15) is 33.1 Å². The molecular weight excluding hydrogens is 365 g/mol. The number of hydrogen-bond acceptors (Lipinski definition) is 6. The van der Waals surface area contributed by atoms with Crippen LogP contribution in [-0.2, 0) is 9.59 Å². The predicted octanol–water partition coefficient (Wildman–Crippen LogP) is 1.44. The van der Waals surface area contributed by atoms with Crippen LogP contribution in [0.15, 0.2) is 16.8 Å². The summed E-state index contributed by atoms with van der Waals surface area (Å²) in [6.07, 6.45) is -1.40. The Morgan fingerprint density at radius 1 is 1.37 bits per heavy atom. The summed E-state index contributed by atoms with van der Waals surface area (Å²) in [6, 6.07) is -0.870. The molecule has 0 spiro atoms. The number of aliphatic hydroxyl groups excluding tert-OH is 1. The maximum absolute atomic E-state index is 13.1. The molecule has 0 bridgehead atoms. The number of halogens is 3. The summed E-state index contributed by atoms with van der Waals surface area (Å²) in [5.41, 5.74) is -0.860. The fourth-order valence-corrected chi connectivity index (χ4v) is 2.46. The van der Waals surface area contributed by atoms with Gasteiger partial charge in [-0.25, -0.2) is 0 Å². The van der Waals surface area contributed by atoms with Crippen LogP contribution in [0.5, 0.6) is 0 Å². The van der Waals surface area contributed by atoms with E-state index in [0.29, 0.717) is 18.5 Å². The highest BCUT2D eigenvalue weighted by Gasteiger charge is 2.41. The Labute approximate surface area is 157 Å². The lowest BCUT2D eigenvalue weighted by molar-refractivity contribution is -0.121. The second-order valence-corrected chi connectivity index (χ2v) is 5.51. The quantitative estimate of drug-likeness (QED) is 0.428. The Hall–Kier alpha value is -1.94. The van der Waals surface area contributed by atoms with Gasteiger partial charge < -0.3 is 20.1 Å². The van der Waals surface area contributed by atoms with Crippen molar-refractivity contribution in [2.24, 2.45) is 10.9 Å². The van der Waals surface area contributed by atoms with E-state index in [1.165, 1.54) is 11.9 Å². The maximum atomic E-state index is 13.1. The molecule has 2 aliphatic rings. The van der Waals surface area contributed by atoms with Gasteiger partial charge in [0, 0.05) is 26.0 Å². The number of alkyl halides is 3. The number of aliphatic hydroxyl groups is 1. The molecule has 0 aromatic rings. The highest BCUT2D eigenvalue weighted by atomic mass is 19.4. The smallest absolute Gasteiger partial charge is 0.400 e. The number of amidine groups is 1. The summed E-state index contributed by atoms with van der Waals surface area (Å²) in [6.45, 7) is 4.12. The van der Waals surface area contributed by atoms with E-state index in [0.717, 1.165) is 26.0 Å². The summed E-state index contributed by atoms with van der Waals surface area (Å²) in [7, 11) is 2.54. The fraction of sp³-hybridized carbons (Fsp3) is 0.706. The number of likely N-dealkylation sites (N-methyl/N-ethyl adjacent to an activating group) is 1. The number of nitrogens with one attached hydrogen (secondary N) is 2. The monoisotopic (exact) mass is 394 g/mol. The van der Waals surface area contributed by atoms with Crippen molar-refractivity contribution in [1.29, 1.82) is 0 Å². The van der Waals surface area contributed by atoms with Crippen molar-refractivity contribution in [2.75, 3.05) is 20.7 Å². The molecule has 0 aromatic carbocycles. The van der Waals surface area contributed by atoms with Gasteiger partial charge in [0.25, 0.3) is 0 Å². The summed E-state index contributed by atoms with van der Waals surface area (Å²) in [4.78, 5) is 27.3. The van der Waals surface area contributed by atoms with E-state index in [2.05, 4.69) is 15.6 Å². The number of amides is 1. The van der Waals surface area contributed by atoms with Gasteiger partial charge in [-0.3, -0.25) is 15.1 Å². The molecule has 0 aromatic heterocycles. The average Bonchev–Trinajstić information content (AvgIpc) is 3.52. The topological polar surface area (TPSA) is 94.0 Å². The molecule has 2 rings (SSSR count). The standard InChI is InChI=1S/C14H19F3N4O2.C2H6.CH4O/c1-18-13(21(8-23)5-2-6-22)10-7-11(14(15,16)17)20-12(19-10)9-3-4-9;2*1-2/h6-10,13,18H,2-5H2,1H3,(H,19,20);1-2H3;2H,1H3. The van der Waals surface area contributed by atoms with Crippen molar-refractivity contribution >= 4 is 18.5 Å².